The summed E-state index contributed by atoms with van der Waals surface area (Å²) in [5.41, 5.74) is 2.02. The summed E-state index contributed by atoms with van der Waals surface area (Å²) in [7, 11) is 0. The van der Waals surface area contributed by atoms with E-state index in [0.717, 1.165) is 0 Å². The number of aliphatic carboxylic acids is 1. The molecule has 0 radical (unpaired) electrons. The Balaban J connectivity index is 0.000000185. The molecule has 0 heterocycles. The molecule has 0 saturated carbocycles. The molecule has 0 aromatic heterocycles. The van der Waals surface area contributed by atoms with Gasteiger partial charge >= 0.3 is 17.9 Å². The van der Waals surface area contributed by atoms with Crippen LogP contribution in [0, 0.1) is 0 Å². The van der Waals surface area contributed by atoms with Gasteiger partial charge in [-0.1, -0.05) is 6.08 Å². The summed E-state index contributed by atoms with van der Waals surface area (Å²) >= 11 is 0. The van der Waals surface area contributed by atoms with Gasteiger partial charge < -0.3 is 15.3 Å². The first-order valence-electron chi connectivity index (χ1n) is 7.07. The van der Waals surface area contributed by atoms with Gasteiger partial charge in [0.1, 0.15) is 0 Å². The summed E-state index contributed by atoms with van der Waals surface area (Å²) in [5, 5.41) is 26.0. The number of carboxylic acid groups (broad SMARTS) is 3. The van der Waals surface area contributed by atoms with Crippen LogP contribution < -0.4 is 0 Å². The van der Waals surface area contributed by atoms with E-state index in [1.807, 2.05) is 0 Å². The fourth-order valence-electron chi connectivity index (χ4n) is 2.43. The van der Waals surface area contributed by atoms with Crippen LogP contribution in [-0.4, -0.2) is 39.0 Å². The lowest BCUT2D eigenvalue weighted by molar-refractivity contribution is -0.132. The SMILES string of the molecule is O=C(O)c1ccc(C(=O)O)c2c1CC2.O=C1C=CC(C(=O)O)=CC1. The number of fused-ring (bicyclic) bond motifs is 1. The summed E-state index contributed by atoms with van der Waals surface area (Å²) < 4.78 is 0. The van der Waals surface area contributed by atoms with E-state index in [-0.39, 0.29) is 28.9 Å². The first kappa shape index (κ1) is 17.1. The molecule has 0 fully saturated rings. The molecule has 0 amide bonds. The zero-order valence-corrected chi connectivity index (χ0v) is 12.5. The second-order valence-electron chi connectivity index (χ2n) is 5.20. The molecule has 24 heavy (non-hydrogen) atoms. The average Bonchev–Trinajstić information content (AvgIpc) is 2.48. The highest BCUT2D eigenvalue weighted by atomic mass is 16.4. The molecular formula is C17H14O7. The van der Waals surface area contributed by atoms with Crippen molar-refractivity contribution in [3.8, 4) is 0 Å². The number of aromatic carboxylic acids is 2. The molecule has 2 aliphatic rings. The molecule has 0 spiro atoms. The topological polar surface area (TPSA) is 129 Å². The second kappa shape index (κ2) is 6.91. The predicted molar refractivity (Wildman–Crippen MR) is 82.3 cm³/mol. The van der Waals surface area contributed by atoms with Crippen LogP contribution in [-0.2, 0) is 22.4 Å². The quantitative estimate of drug-likeness (QED) is 0.769. The molecule has 1 aromatic rings. The number of hydrogen-bond donors (Lipinski definition) is 3. The van der Waals surface area contributed by atoms with Gasteiger partial charge in [-0.2, -0.15) is 0 Å². The Bertz CT molecular complexity index is 758. The minimum atomic E-state index is -0.988. The molecule has 7 heteroatoms. The number of hydrogen-bond acceptors (Lipinski definition) is 4. The van der Waals surface area contributed by atoms with Crippen molar-refractivity contribution in [2.75, 3.05) is 0 Å². The van der Waals surface area contributed by atoms with E-state index in [1.165, 1.54) is 30.4 Å². The summed E-state index contributed by atoms with van der Waals surface area (Å²) in [4.78, 5) is 42.2. The maximum Gasteiger partial charge on any atom is 0.335 e. The van der Waals surface area contributed by atoms with Crippen LogP contribution in [0.1, 0.15) is 38.3 Å². The highest BCUT2D eigenvalue weighted by Crippen LogP contribution is 2.30. The summed E-state index contributed by atoms with van der Waals surface area (Å²) in [5.74, 6) is -3.01. The minimum absolute atomic E-state index is 0.0509. The lowest BCUT2D eigenvalue weighted by Gasteiger charge is -2.22. The van der Waals surface area contributed by atoms with Crippen molar-refractivity contribution in [1.82, 2.24) is 0 Å². The molecule has 0 saturated heterocycles. The highest BCUT2D eigenvalue weighted by molar-refractivity contribution is 5.99. The number of ketones is 1. The molecule has 124 valence electrons. The van der Waals surface area contributed by atoms with Crippen molar-refractivity contribution in [1.29, 1.82) is 0 Å². The predicted octanol–water partition coefficient (Wildman–Crippen LogP) is 1.71. The van der Waals surface area contributed by atoms with Gasteiger partial charge in [0, 0.05) is 6.42 Å². The van der Waals surface area contributed by atoms with Gasteiger partial charge in [0.05, 0.1) is 16.7 Å². The standard InChI is InChI=1S/C10H8O4.C7H6O3/c11-9(12)7-3-4-8(10(13)14)6-2-1-5(6)7;8-6-3-1-5(2-4-6)7(9)10/h3-4H,1-2H2,(H,11,12)(H,13,14);1-3H,4H2,(H,9,10). The van der Waals surface area contributed by atoms with Gasteiger partial charge in [-0.25, -0.2) is 14.4 Å². The van der Waals surface area contributed by atoms with E-state index in [4.69, 9.17) is 15.3 Å². The van der Waals surface area contributed by atoms with Crippen molar-refractivity contribution < 1.29 is 34.5 Å². The largest absolute Gasteiger partial charge is 0.478 e. The molecule has 1 aromatic carbocycles. The molecule has 3 rings (SSSR count). The number of carboxylic acids is 3. The van der Waals surface area contributed by atoms with E-state index < -0.39 is 17.9 Å². The smallest absolute Gasteiger partial charge is 0.335 e. The van der Waals surface area contributed by atoms with Crippen LogP contribution in [0.3, 0.4) is 0 Å². The Morgan fingerprint density at radius 1 is 0.792 bits per heavy atom. The highest BCUT2D eigenvalue weighted by Gasteiger charge is 2.26. The Labute approximate surface area is 136 Å². The monoisotopic (exact) mass is 330 g/mol. The van der Waals surface area contributed by atoms with E-state index in [9.17, 15) is 19.2 Å². The first-order valence-corrected chi connectivity index (χ1v) is 7.07. The maximum absolute atomic E-state index is 10.7. The van der Waals surface area contributed by atoms with Crippen LogP contribution in [0.25, 0.3) is 0 Å². The fraction of sp³-hybridized carbons (Fsp3) is 0.176. The van der Waals surface area contributed by atoms with E-state index in [2.05, 4.69) is 0 Å². The van der Waals surface area contributed by atoms with Gasteiger partial charge in [-0.15, -0.1) is 0 Å². The van der Waals surface area contributed by atoms with Crippen molar-refractivity contribution in [2.45, 2.75) is 19.3 Å². The summed E-state index contributed by atoms with van der Waals surface area (Å²) in [6.45, 7) is 0. The van der Waals surface area contributed by atoms with Crippen LogP contribution >= 0.6 is 0 Å². The molecule has 7 nitrogen and oxygen atoms in total. The fourth-order valence-corrected chi connectivity index (χ4v) is 2.43. The van der Waals surface area contributed by atoms with Gasteiger partial charge in [0.25, 0.3) is 0 Å². The van der Waals surface area contributed by atoms with Gasteiger partial charge in [-0.05, 0) is 48.3 Å². The van der Waals surface area contributed by atoms with E-state index in [0.29, 0.717) is 24.0 Å². The molecule has 3 N–H and O–H groups in total. The third-order valence-corrected chi connectivity index (χ3v) is 3.74. The van der Waals surface area contributed by atoms with Crippen molar-refractivity contribution in [3.05, 3.63) is 58.2 Å². The number of carbonyl (C=O) groups is 4. The minimum Gasteiger partial charge on any atom is -0.478 e. The zero-order valence-electron chi connectivity index (χ0n) is 12.5. The maximum atomic E-state index is 10.7. The Kier molecular flexibility index (Phi) is 4.93. The van der Waals surface area contributed by atoms with Gasteiger partial charge in [-0.3, -0.25) is 4.79 Å². The average molecular weight is 330 g/mol. The summed E-state index contributed by atoms with van der Waals surface area (Å²) in [6, 6.07) is 2.73. The van der Waals surface area contributed by atoms with E-state index in [1.54, 1.807) is 0 Å². The molecule has 0 aliphatic heterocycles. The molecular weight excluding hydrogens is 316 g/mol. The number of carbonyl (C=O) groups excluding carboxylic acids is 1. The first-order chi connectivity index (χ1) is 11.3. The lowest BCUT2D eigenvalue weighted by atomic mass is 9.81. The Morgan fingerprint density at radius 2 is 1.29 bits per heavy atom. The third-order valence-electron chi connectivity index (χ3n) is 3.74. The second-order valence-corrected chi connectivity index (χ2v) is 5.20. The zero-order chi connectivity index (χ0) is 17.9. The van der Waals surface area contributed by atoms with Crippen molar-refractivity contribution in [2.24, 2.45) is 0 Å². The Hall–Kier alpha value is -3.22. The van der Waals surface area contributed by atoms with Gasteiger partial charge in [0.15, 0.2) is 5.78 Å². The molecule has 2 aliphatic carbocycles. The molecule has 0 bridgehead atoms. The van der Waals surface area contributed by atoms with Gasteiger partial charge in [0.2, 0.25) is 0 Å². The molecule has 0 unspecified atom stereocenters. The van der Waals surface area contributed by atoms with E-state index >= 15 is 0 Å². The number of benzene rings is 1. The molecule has 0 atom stereocenters. The lowest BCUT2D eigenvalue weighted by Crippen LogP contribution is -2.19. The Morgan fingerprint density at radius 3 is 1.58 bits per heavy atom. The van der Waals surface area contributed by atoms with Crippen LogP contribution in [0.15, 0.2) is 35.9 Å². The van der Waals surface area contributed by atoms with Crippen molar-refractivity contribution in [3.63, 3.8) is 0 Å². The number of rotatable bonds is 3. The number of allylic oxidation sites excluding steroid dienone is 2. The summed E-state index contributed by atoms with van der Waals surface area (Å²) in [6.07, 6.45) is 5.54. The van der Waals surface area contributed by atoms with Crippen molar-refractivity contribution >= 4 is 23.7 Å². The van der Waals surface area contributed by atoms with Crippen LogP contribution in [0.2, 0.25) is 0 Å². The third kappa shape index (κ3) is 3.57. The van der Waals surface area contributed by atoms with Crippen LogP contribution in [0.5, 0.6) is 0 Å². The van der Waals surface area contributed by atoms with Crippen LogP contribution in [0.4, 0.5) is 0 Å². The normalized spacial score (nSPS) is 14.5.